The van der Waals surface area contributed by atoms with Crippen LogP contribution < -0.4 is 11.2 Å². The summed E-state index contributed by atoms with van der Waals surface area (Å²) in [5.74, 6) is -1.14. The Morgan fingerprint density at radius 2 is 1.92 bits per heavy atom. The molecule has 0 N–H and O–H groups in total. The number of hydrogen-bond acceptors (Lipinski definition) is 5. The summed E-state index contributed by atoms with van der Waals surface area (Å²) in [4.78, 5) is 28.7. The van der Waals surface area contributed by atoms with Gasteiger partial charge in [-0.25, -0.2) is 13.8 Å². The topological polar surface area (TPSA) is 89.4 Å². The molecule has 0 aliphatic carbocycles. The number of nitriles is 1. The van der Waals surface area contributed by atoms with Gasteiger partial charge in [0, 0.05) is 18.7 Å². The number of halogens is 4. The van der Waals surface area contributed by atoms with Gasteiger partial charge in [-0.15, -0.1) is 0 Å². The van der Waals surface area contributed by atoms with Crippen molar-refractivity contribution in [3.05, 3.63) is 61.7 Å². The Hall–Kier alpha value is -3.42. The summed E-state index contributed by atoms with van der Waals surface area (Å²) in [5, 5.41) is 12.4. The SMILES string of the molecule is CO/N=C/c1cc(-n2c(=O)cc(C(F)(F)F)n(C)c2=O)c(F)cc1C#N. The Labute approximate surface area is 143 Å². The number of oxime groups is 1. The Morgan fingerprint density at radius 3 is 2.46 bits per heavy atom. The molecule has 1 aromatic heterocycles. The van der Waals surface area contributed by atoms with Crippen LogP contribution in [0, 0.1) is 17.1 Å². The van der Waals surface area contributed by atoms with Crippen molar-refractivity contribution in [3.63, 3.8) is 0 Å². The zero-order chi connectivity index (χ0) is 19.6. The third-order valence-electron chi connectivity index (χ3n) is 3.39. The number of rotatable bonds is 3. The van der Waals surface area contributed by atoms with Gasteiger partial charge in [-0.05, 0) is 12.1 Å². The van der Waals surface area contributed by atoms with Gasteiger partial charge in [0.05, 0.1) is 23.5 Å². The summed E-state index contributed by atoms with van der Waals surface area (Å²) >= 11 is 0. The van der Waals surface area contributed by atoms with Crippen molar-refractivity contribution >= 4 is 6.21 Å². The van der Waals surface area contributed by atoms with Crippen LogP contribution in [-0.2, 0) is 18.1 Å². The first-order valence-corrected chi connectivity index (χ1v) is 6.82. The molecule has 7 nitrogen and oxygen atoms in total. The van der Waals surface area contributed by atoms with E-state index >= 15 is 0 Å². The van der Waals surface area contributed by atoms with Crippen molar-refractivity contribution in [2.75, 3.05) is 7.11 Å². The summed E-state index contributed by atoms with van der Waals surface area (Å²) in [6.07, 6.45) is -3.91. The van der Waals surface area contributed by atoms with Crippen LogP contribution in [-0.4, -0.2) is 22.5 Å². The first-order chi connectivity index (χ1) is 12.1. The van der Waals surface area contributed by atoms with E-state index in [1.165, 1.54) is 7.11 Å². The molecule has 0 radical (unpaired) electrons. The molecule has 1 heterocycles. The number of aromatic nitrogens is 2. The molecular weight excluding hydrogens is 360 g/mol. The lowest BCUT2D eigenvalue weighted by Crippen LogP contribution is -2.41. The smallest absolute Gasteiger partial charge is 0.399 e. The highest BCUT2D eigenvalue weighted by atomic mass is 19.4. The zero-order valence-corrected chi connectivity index (χ0v) is 13.3. The molecule has 0 atom stereocenters. The average Bonchev–Trinajstić information content (AvgIpc) is 2.56. The fourth-order valence-electron chi connectivity index (χ4n) is 2.18. The highest BCUT2D eigenvalue weighted by molar-refractivity contribution is 5.84. The van der Waals surface area contributed by atoms with Crippen LogP contribution in [0.2, 0.25) is 0 Å². The lowest BCUT2D eigenvalue weighted by Gasteiger charge is -2.14. The van der Waals surface area contributed by atoms with Crippen LogP contribution in [0.25, 0.3) is 5.69 Å². The van der Waals surface area contributed by atoms with E-state index in [-0.39, 0.29) is 26.3 Å². The van der Waals surface area contributed by atoms with Gasteiger partial charge in [0.2, 0.25) is 0 Å². The van der Waals surface area contributed by atoms with Crippen molar-refractivity contribution in [3.8, 4) is 11.8 Å². The van der Waals surface area contributed by atoms with Crippen LogP contribution in [0.15, 0.2) is 32.9 Å². The van der Waals surface area contributed by atoms with Gasteiger partial charge in [0.15, 0.2) is 0 Å². The summed E-state index contributed by atoms with van der Waals surface area (Å²) in [6.45, 7) is 0. The number of hydrogen-bond donors (Lipinski definition) is 0. The Morgan fingerprint density at radius 1 is 1.27 bits per heavy atom. The fraction of sp³-hybridized carbons (Fsp3) is 0.200. The maximum Gasteiger partial charge on any atom is 0.431 e. The number of alkyl halides is 3. The second kappa shape index (κ2) is 6.83. The second-order valence-corrected chi connectivity index (χ2v) is 4.96. The average molecular weight is 370 g/mol. The quantitative estimate of drug-likeness (QED) is 0.466. The van der Waals surface area contributed by atoms with Crippen molar-refractivity contribution in [2.45, 2.75) is 6.18 Å². The second-order valence-electron chi connectivity index (χ2n) is 4.96. The van der Waals surface area contributed by atoms with Crippen molar-refractivity contribution in [1.82, 2.24) is 9.13 Å². The highest BCUT2D eigenvalue weighted by Crippen LogP contribution is 2.27. The molecule has 11 heteroatoms. The Bertz CT molecular complexity index is 1050. The third kappa shape index (κ3) is 3.34. The van der Waals surface area contributed by atoms with Crippen LogP contribution in [0.4, 0.5) is 17.6 Å². The molecule has 0 saturated heterocycles. The summed E-state index contributed by atoms with van der Waals surface area (Å²) in [5.41, 5.74) is -5.05. The van der Waals surface area contributed by atoms with Crippen LogP contribution in [0.1, 0.15) is 16.8 Å². The van der Waals surface area contributed by atoms with E-state index in [2.05, 4.69) is 9.99 Å². The van der Waals surface area contributed by atoms with E-state index in [0.29, 0.717) is 0 Å². The molecule has 0 unspecified atom stereocenters. The van der Waals surface area contributed by atoms with Gasteiger partial charge >= 0.3 is 11.9 Å². The van der Waals surface area contributed by atoms with Crippen molar-refractivity contribution in [2.24, 2.45) is 12.2 Å². The predicted octanol–water partition coefficient (Wildman–Crippen LogP) is 1.55. The minimum absolute atomic E-state index is 0.000369. The molecule has 0 fully saturated rings. The summed E-state index contributed by atoms with van der Waals surface area (Å²) in [6, 6.07) is 3.54. The van der Waals surface area contributed by atoms with Gasteiger partial charge in [-0.1, -0.05) is 5.16 Å². The van der Waals surface area contributed by atoms with Crippen molar-refractivity contribution < 1.29 is 22.4 Å². The number of nitrogens with zero attached hydrogens (tertiary/aromatic N) is 4. The van der Waals surface area contributed by atoms with E-state index in [0.717, 1.165) is 25.4 Å². The van der Waals surface area contributed by atoms with Crippen LogP contribution in [0.5, 0.6) is 0 Å². The Balaban J connectivity index is 2.84. The standard InChI is InChI=1S/C15H10F4N4O3/c1-22-12(15(17,18)19)5-13(24)23(14(22)25)11-4-9(7-21-26-2)8(6-20)3-10(11)16/h3-5,7H,1-2H3/b21-7+. The zero-order valence-electron chi connectivity index (χ0n) is 13.3. The molecular formula is C15H10F4N4O3. The molecule has 2 aromatic rings. The first kappa shape index (κ1) is 18.9. The normalized spacial score (nSPS) is 11.6. The molecule has 0 aliphatic heterocycles. The van der Waals surface area contributed by atoms with Gasteiger partial charge in [-0.3, -0.25) is 9.36 Å². The summed E-state index contributed by atoms with van der Waals surface area (Å²) in [7, 11) is 2.01. The van der Waals surface area contributed by atoms with E-state index in [4.69, 9.17) is 5.26 Å². The van der Waals surface area contributed by atoms with Crippen LogP contribution in [0.3, 0.4) is 0 Å². The van der Waals surface area contributed by atoms with E-state index in [1.807, 2.05) is 0 Å². The minimum Gasteiger partial charge on any atom is -0.399 e. The van der Waals surface area contributed by atoms with Gasteiger partial charge < -0.3 is 4.84 Å². The molecule has 0 amide bonds. The Kier molecular flexibility index (Phi) is 4.97. The van der Waals surface area contributed by atoms with Gasteiger partial charge in [0.1, 0.15) is 18.6 Å². The molecule has 26 heavy (non-hydrogen) atoms. The molecule has 0 spiro atoms. The molecule has 0 bridgehead atoms. The third-order valence-corrected chi connectivity index (χ3v) is 3.39. The lowest BCUT2D eigenvalue weighted by atomic mass is 10.1. The predicted molar refractivity (Wildman–Crippen MR) is 81.6 cm³/mol. The fourth-order valence-corrected chi connectivity index (χ4v) is 2.18. The molecule has 0 saturated carbocycles. The van der Waals surface area contributed by atoms with E-state index in [9.17, 15) is 27.2 Å². The van der Waals surface area contributed by atoms with Gasteiger partial charge in [-0.2, -0.15) is 18.4 Å². The molecule has 2 rings (SSSR count). The van der Waals surface area contributed by atoms with Crippen LogP contribution >= 0.6 is 0 Å². The molecule has 136 valence electrons. The molecule has 0 aliphatic rings. The lowest BCUT2D eigenvalue weighted by molar-refractivity contribution is -0.144. The van der Waals surface area contributed by atoms with Gasteiger partial charge in [0.25, 0.3) is 5.56 Å². The van der Waals surface area contributed by atoms with E-state index < -0.39 is 34.6 Å². The number of benzene rings is 1. The van der Waals surface area contributed by atoms with Crippen molar-refractivity contribution in [1.29, 1.82) is 5.26 Å². The maximum atomic E-state index is 14.3. The monoisotopic (exact) mass is 370 g/mol. The molecule has 1 aromatic carbocycles. The highest BCUT2D eigenvalue weighted by Gasteiger charge is 2.35. The maximum absolute atomic E-state index is 14.3. The first-order valence-electron chi connectivity index (χ1n) is 6.82. The van der Waals surface area contributed by atoms with E-state index in [1.54, 1.807) is 6.07 Å². The largest absolute Gasteiger partial charge is 0.431 e. The minimum atomic E-state index is -4.94. The summed E-state index contributed by atoms with van der Waals surface area (Å²) < 4.78 is 53.3.